The van der Waals surface area contributed by atoms with E-state index in [1.165, 1.54) is 77.0 Å². The van der Waals surface area contributed by atoms with Crippen molar-refractivity contribution in [3.8, 4) is 0 Å². The summed E-state index contributed by atoms with van der Waals surface area (Å²) < 4.78 is 16.8. The van der Waals surface area contributed by atoms with Gasteiger partial charge in [0.15, 0.2) is 6.10 Å². The summed E-state index contributed by atoms with van der Waals surface area (Å²) in [5.74, 6) is -0.924. The van der Waals surface area contributed by atoms with Gasteiger partial charge in [-0.05, 0) is 122 Å². The van der Waals surface area contributed by atoms with Crippen LogP contribution in [-0.4, -0.2) is 37.2 Å². The Labute approximate surface area is 431 Å². The Morgan fingerprint density at radius 3 is 0.943 bits per heavy atom. The number of unbranched alkanes of at least 4 members (excludes halogenated alkanes) is 22. The van der Waals surface area contributed by atoms with Crippen molar-refractivity contribution in [3.05, 3.63) is 109 Å². The molecular weight excluding hydrogens is 865 g/mol. The number of rotatable bonds is 51. The van der Waals surface area contributed by atoms with Crippen molar-refractivity contribution >= 4 is 17.9 Å². The SMILES string of the molecule is CC/C=C\C/C=C\C/C=C\C/C=C\C/C=C\C/C=C\CCCCCCCCCCC(=O)OCC(COC(=O)CCCCCCC/C=C\CCCCC)OC(=O)CCCCCCC/C=C\C/C=C\CCC. The average molecular weight is 972 g/mol. The fourth-order valence-electron chi connectivity index (χ4n) is 7.65. The van der Waals surface area contributed by atoms with Crippen LogP contribution in [0.25, 0.3) is 0 Å². The normalized spacial score (nSPS) is 12.9. The zero-order valence-corrected chi connectivity index (χ0v) is 45.5. The van der Waals surface area contributed by atoms with Crippen molar-refractivity contribution < 1.29 is 28.6 Å². The van der Waals surface area contributed by atoms with Crippen molar-refractivity contribution in [3.63, 3.8) is 0 Å². The maximum atomic E-state index is 12.8. The Hall–Kier alpha value is -3.93. The summed E-state index contributed by atoms with van der Waals surface area (Å²) >= 11 is 0. The van der Waals surface area contributed by atoms with Crippen molar-refractivity contribution in [2.45, 2.75) is 264 Å². The van der Waals surface area contributed by atoms with Gasteiger partial charge in [-0.3, -0.25) is 14.4 Å². The number of allylic oxidation sites excluding steroid dienone is 18. The van der Waals surface area contributed by atoms with Crippen LogP contribution < -0.4 is 0 Å². The summed E-state index contributed by atoms with van der Waals surface area (Å²) in [4.78, 5) is 38.1. The summed E-state index contributed by atoms with van der Waals surface area (Å²) in [5, 5.41) is 0. The molecule has 0 saturated heterocycles. The molecule has 0 rings (SSSR count). The Morgan fingerprint density at radius 1 is 0.300 bits per heavy atom. The van der Waals surface area contributed by atoms with Gasteiger partial charge in [0.2, 0.25) is 0 Å². The van der Waals surface area contributed by atoms with Gasteiger partial charge < -0.3 is 14.2 Å². The molecule has 6 heteroatoms. The average Bonchev–Trinajstić information content (AvgIpc) is 3.36. The number of ether oxygens (including phenoxy) is 3. The minimum atomic E-state index is -0.793. The van der Waals surface area contributed by atoms with Crippen LogP contribution in [-0.2, 0) is 28.6 Å². The molecule has 70 heavy (non-hydrogen) atoms. The third-order valence-electron chi connectivity index (χ3n) is 12.0. The summed E-state index contributed by atoms with van der Waals surface area (Å²) in [7, 11) is 0. The fourth-order valence-corrected chi connectivity index (χ4v) is 7.65. The minimum Gasteiger partial charge on any atom is -0.462 e. The van der Waals surface area contributed by atoms with Crippen LogP contribution in [0.5, 0.6) is 0 Å². The first-order valence-corrected chi connectivity index (χ1v) is 28.9. The molecule has 0 aromatic rings. The summed E-state index contributed by atoms with van der Waals surface area (Å²) in [6, 6.07) is 0. The lowest BCUT2D eigenvalue weighted by Gasteiger charge is -2.18. The summed E-state index contributed by atoms with van der Waals surface area (Å²) in [6.07, 6.45) is 78.0. The first kappa shape index (κ1) is 66.1. The smallest absolute Gasteiger partial charge is 0.306 e. The molecule has 0 bridgehead atoms. The highest BCUT2D eigenvalue weighted by atomic mass is 16.6. The Balaban J connectivity index is 4.30. The van der Waals surface area contributed by atoms with E-state index in [2.05, 4.69) is 130 Å². The van der Waals surface area contributed by atoms with E-state index in [0.29, 0.717) is 19.3 Å². The van der Waals surface area contributed by atoms with Crippen molar-refractivity contribution in [1.82, 2.24) is 0 Å². The first-order valence-electron chi connectivity index (χ1n) is 28.9. The monoisotopic (exact) mass is 971 g/mol. The maximum absolute atomic E-state index is 12.8. The van der Waals surface area contributed by atoms with Gasteiger partial charge in [0, 0.05) is 19.3 Å². The van der Waals surface area contributed by atoms with E-state index < -0.39 is 6.10 Å². The molecule has 0 radical (unpaired) electrons. The second-order valence-electron chi connectivity index (χ2n) is 18.8. The summed E-state index contributed by atoms with van der Waals surface area (Å²) in [6.45, 7) is 6.41. The molecular formula is C64H106O6. The standard InChI is InChI=1S/C64H106O6/c1-4-7-10-13-16-19-22-25-26-27-28-29-30-31-32-33-34-35-36-37-38-40-42-45-48-51-54-57-63(66)69-60-61(59-68-62(65)56-53-50-47-44-41-24-21-18-15-12-9-6-3)70-64(67)58-55-52-49-46-43-39-23-20-17-14-11-8-5-2/h7,10-11,14,16,18-21,23,25-26,28-29,31-32,34-35,61H,4-6,8-9,12-13,15,17,22,24,27,30,33,36-60H2,1-3H3/b10-7-,14-11-,19-16-,21-18-,23-20-,26-25-,29-28-,32-31-,35-34-. The quantitative estimate of drug-likeness (QED) is 0.0262. The van der Waals surface area contributed by atoms with E-state index in [1.54, 1.807) is 0 Å². The van der Waals surface area contributed by atoms with E-state index in [-0.39, 0.29) is 31.1 Å². The lowest BCUT2D eigenvalue weighted by atomic mass is 10.1. The molecule has 0 spiro atoms. The number of hydrogen-bond donors (Lipinski definition) is 0. The molecule has 0 N–H and O–H groups in total. The fraction of sp³-hybridized carbons (Fsp3) is 0.672. The van der Waals surface area contributed by atoms with Gasteiger partial charge in [-0.25, -0.2) is 0 Å². The van der Waals surface area contributed by atoms with E-state index in [1.807, 2.05) is 0 Å². The van der Waals surface area contributed by atoms with Gasteiger partial charge in [0.25, 0.3) is 0 Å². The lowest BCUT2D eigenvalue weighted by molar-refractivity contribution is -0.167. The lowest BCUT2D eigenvalue weighted by Crippen LogP contribution is -2.30. The summed E-state index contributed by atoms with van der Waals surface area (Å²) in [5.41, 5.74) is 0. The number of esters is 3. The molecule has 0 aliphatic carbocycles. The molecule has 0 fully saturated rings. The largest absolute Gasteiger partial charge is 0.462 e. The van der Waals surface area contributed by atoms with Crippen LogP contribution in [0.4, 0.5) is 0 Å². The van der Waals surface area contributed by atoms with E-state index in [4.69, 9.17) is 14.2 Å². The second-order valence-corrected chi connectivity index (χ2v) is 18.8. The van der Waals surface area contributed by atoms with Crippen LogP contribution in [0.1, 0.15) is 258 Å². The highest BCUT2D eigenvalue weighted by Crippen LogP contribution is 2.14. The molecule has 398 valence electrons. The van der Waals surface area contributed by atoms with Crippen molar-refractivity contribution in [1.29, 1.82) is 0 Å². The van der Waals surface area contributed by atoms with Crippen LogP contribution >= 0.6 is 0 Å². The van der Waals surface area contributed by atoms with Crippen LogP contribution in [0.15, 0.2) is 109 Å². The maximum Gasteiger partial charge on any atom is 0.306 e. The van der Waals surface area contributed by atoms with Gasteiger partial charge in [-0.15, -0.1) is 0 Å². The van der Waals surface area contributed by atoms with Crippen molar-refractivity contribution in [2.75, 3.05) is 13.2 Å². The third kappa shape index (κ3) is 55.0. The molecule has 1 atom stereocenters. The van der Waals surface area contributed by atoms with Crippen molar-refractivity contribution in [2.24, 2.45) is 0 Å². The number of carbonyl (C=O) groups is 3. The number of carbonyl (C=O) groups excluding carboxylic acids is 3. The highest BCUT2D eigenvalue weighted by Gasteiger charge is 2.19. The molecule has 0 aromatic carbocycles. The second kappa shape index (κ2) is 57.6. The van der Waals surface area contributed by atoms with E-state index in [0.717, 1.165) is 141 Å². The Bertz CT molecular complexity index is 1440. The Morgan fingerprint density at radius 2 is 0.586 bits per heavy atom. The van der Waals surface area contributed by atoms with Crippen LogP contribution in [0.3, 0.4) is 0 Å². The van der Waals surface area contributed by atoms with E-state index >= 15 is 0 Å². The minimum absolute atomic E-state index is 0.0915. The molecule has 0 amide bonds. The van der Waals surface area contributed by atoms with Crippen LogP contribution in [0.2, 0.25) is 0 Å². The molecule has 0 heterocycles. The molecule has 0 saturated carbocycles. The molecule has 6 nitrogen and oxygen atoms in total. The molecule has 0 aliphatic rings. The molecule has 1 unspecified atom stereocenters. The topological polar surface area (TPSA) is 78.9 Å². The van der Waals surface area contributed by atoms with Gasteiger partial charge in [-0.2, -0.15) is 0 Å². The number of hydrogen-bond acceptors (Lipinski definition) is 6. The molecule has 0 aromatic heterocycles. The third-order valence-corrected chi connectivity index (χ3v) is 12.0. The molecule has 0 aliphatic heterocycles. The zero-order valence-electron chi connectivity index (χ0n) is 45.5. The first-order chi connectivity index (χ1) is 34.5. The zero-order chi connectivity index (χ0) is 50.7. The predicted molar refractivity (Wildman–Crippen MR) is 302 cm³/mol. The predicted octanol–water partition coefficient (Wildman–Crippen LogP) is 19.5. The van der Waals surface area contributed by atoms with E-state index in [9.17, 15) is 14.4 Å². The van der Waals surface area contributed by atoms with Gasteiger partial charge in [0.05, 0.1) is 0 Å². The Kier molecular flexibility index (Phi) is 54.4. The highest BCUT2D eigenvalue weighted by molar-refractivity contribution is 5.71. The van der Waals surface area contributed by atoms with Gasteiger partial charge in [-0.1, -0.05) is 226 Å². The van der Waals surface area contributed by atoms with Crippen LogP contribution in [0, 0.1) is 0 Å². The van der Waals surface area contributed by atoms with Gasteiger partial charge >= 0.3 is 17.9 Å². The van der Waals surface area contributed by atoms with Gasteiger partial charge in [0.1, 0.15) is 13.2 Å².